The fourth-order valence-corrected chi connectivity index (χ4v) is 4.91. The Morgan fingerprint density at radius 2 is 1.58 bits per heavy atom. The van der Waals surface area contributed by atoms with Crippen molar-refractivity contribution in [2.45, 2.75) is 102 Å². The van der Waals surface area contributed by atoms with Crippen LogP contribution in [-0.2, 0) is 11.3 Å². The Hall–Kier alpha value is -1.36. The van der Waals surface area contributed by atoms with Crippen molar-refractivity contribution >= 4 is 5.91 Å². The number of nitrogens with zero attached hydrogens (tertiary/aromatic N) is 2. The number of carbonyl (C=O) groups excluding carboxylic acids is 1. The van der Waals surface area contributed by atoms with Crippen LogP contribution in [0.1, 0.15) is 105 Å². The molecule has 144 valence electrons. The van der Waals surface area contributed by atoms with E-state index in [9.17, 15) is 4.79 Å². The van der Waals surface area contributed by atoms with Gasteiger partial charge in [0.15, 0.2) is 5.69 Å². The Labute approximate surface area is 156 Å². The monoisotopic (exact) mass is 360 g/mol. The molecule has 5 nitrogen and oxygen atoms in total. The summed E-state index contributed by atoms with van der Waals surface area (Å²) >= 11 is 0. The van der Waals surface area contributed by atoms with E-state index in [4.69, 9.17) is 9.26 Å². The summed E-state index contributed by atoms with van der Waals surface area (Å²) in [7, 11) is 1.68. The molecule has 4 rings (SSSR count). The molecule has 1 aromatic rings. The SMILES string of the molecule is COCc1c(C(=O)N(C2CCCCC2)C2CCCCC2)noc1C1CC1. The molecule has 1 heterocycles. The van der Waals surface area contributed by atoms with E-state index in [0.29, 0.717) is 30.3 Å². The second kappa shape index (κ2) is 8.12. The molecule has 0 bridgehead atoms. The molecule has 0 radical (unpaired) electrons. The van der Waals surface area contributed by atoms with Crippen molar-refractivity contribution in [2.75, 3.05) is 7.11 Å². The Bertz CT molecular complexity index is 593. The third-order valence-electron chi connectivity index (χ3n) is 6.43. The smallest absolute Gasteiger partial charge is 0.276 e. The molecule has 0 unspecified atom stereocenters. The first-order valence-corrected chi connectivity index (χ1v) is 10.6. The summed E-state index contributed by atoms with van der Waals surface area (Å²) in [6.45, 7) is 0.416. The summed E-state index contributed by atoms with van der Waals surface area (Å²) in [6.07, 6.45) is 14.3. The van der Waals surface area contributed by atoms with Crippen LogP contribution in [0.2, 0.25) is 0 Å². The Kier molecular flexibility index (Phi) is 5.63. The second-order valence-electron chi connectivity index (χ2n) is 8.38. The van der Waals surface area contributed by atoms with Crippen LogP contribution in [0.5, 0.6) is 0 Å². The molecule has 0 atom stereocenters. The van der Waals surface area contributed by atoms with Gasteiger partial charge in [-0.25, -0.2) is 0 Å². The number of hydrogen-bond acceptors (Lipinski definition) is 4. The minimum Gasteiger partial charge on any atom is -0.380 e. The van der Waals surface area contributed by atoms with Crippen molar-refractivity contribution in [3.8, 4) is 0 Å². The van der Waals surface area contributed by atoms with Gasteiger partial charge in [-0.15, -0.1) is 0 Å². The van der Waals surface area contributed by atoms with E-state index in [-0.39, 0.29) is 5.91 Å². The van der Waals surface area contributed by atoms with E-state index in [2.05, 4.69) is 10.1 Å². The summed E-state index contributed by atoms with van der Waals surface area (Å²) in [6, 6.07) is 0.742. The molecule has 0 spiro atoms. The molecule has 5 heteroatoms. The summed E-state index contributed by atoms with van der Waals surface area (Å²) in [4.78, 5) is 15.9. The molecule has 1 amide bonds. The maximum absolute atomic E-state index is 13.6. The van der Waals surface area contributed by atoms with Crippen LogP contribution < -0.4 is 0 Å². The van der Waals surface area contributed by atoms with E-state index in [1.165, 1.54) is 38.5 Å². The van der Waals surface area contributed by atoms with Crippen molar-refractivity contribution in [1.82, 2.24) is 10.1 Å². The van der Waals surface area contributed by atoms with Gasteiger partial charge in [0, 0.05) is 25.1 Å². The largest absolute Gasteiger partial charge is 0.380 e. The molecule has 0 aliphatic heterocycles. The van der Waals surface area contributed by atoms with Crippen molar-refractivity contribution in [3.63, 3.8) is 0 Å². The Balaban J connectivity index is 1.62. The minimum absolute atomic E-state index is 0.0894. The van der Waals surface area contributed by atoms with Crippen molar-refractivity contribution in [2.24, 2.45) is 0 Å². The first-order valence-electron chi connectivity index (χ1n) is 10.6. The van der Waals surface area contributed by atoms with Gasteiger partial charge in [0.1, 0.15) is 5.76 Å². The van der Waals surface area contributed by atoms with Crippen LogP contribution in [0.4, 0.5) is 0 Å². The van der Waals surface area contributed by atoms with Gasteiger partial charge in [0.25, 0.3) is 5.91 Å². The van der Waals surface area contributed by atoms with Gasteiger partial charge >= 0.3 is 0 Å². The highest BCUT2D eigenvalue weighted by molar-refractivity contribution is 5.94. The van der Waals surface area contributed by atoms with Gasteiger partial charge in [0.05, 0.1) is 12.2 Å². The molecular weight excluding hydrogens is 328 g/mol. The molecule has 3 aliphatic carbocycles. The zero-order valence-electron chi connectivity index (χ0n) is 16.0. The molecule has 0 saturated heterocycles. The zero-order chi connectivity index (χ0) is 17.9. The number of amides is 1. The van der Waals surface area contributed by atoms with Crippen molar-refractivity contribution in [1.29, 1.82) is 0 Å². The number of methoxy groups -OCH3 is 1. The molecule has 26 heavy (non-hydrogen) atoms. The zero-order valence-corrected chi connectivity index (χ0v) is 16.0. The topological polar surface area (TPSA) is 55.6 Å². The highest BCUT2D eigenvalue weighted by Gasteiger charge is 2.38. The summed E-state index contributed by atoms with van der Waals surface area (Å²) in [5, 5.41) is 4.26. The maximum atomic E-state index is 13.6. The fraction of sp³-hybridized carbons (Fsp3) is 0.810. The van der Waals surface area contributed by atoms with Crippen LogP contribution in [0.25, 0.3) is 0 Å². The molecule has 3 aliphatic rings. The van der Waals surface area contributed by atoms with Crippen LogP contribution in [-0.4, -0.2) is 35.2 Å². The summed E-state index contributed by atoms with van der Waals surface area (Å²) < 4.78 is 11.0. The molecule has 3 fully saturated rings. The van der Waals surface area contributed by atoms with Crippen LogP contribution in [0.15, 0.2) is 4.52 Å². The molecule has 1 aromatic heterocycles. The average Bonchev–Trinajstić information content (AvgIpc) is 3.44. The lowest BCUT2D eigenvalue weighted by atomic mass is 9.88. The highest BCUT2D eigenvalue weighted by Crippen LogP contribution is 2.43. The van der Waals surface area contributed by atoms with Crippen molar-refractivity contribution in [3.05, 3.63) is 17.0 Å². The van der Waals surface area contributed by atoms with Gasteiger partial charge in [-0.2, -0.15) is 0 Å². The van der Waals surface area contributed by atoms with Gasteiger partial charge in [0.2, 0.25) is 0 Å². The normalized spacial score (nSPS) is 22.5. The lowest BCUT2D eigenvalue weighted by Gasteiger charge is -2.41. The van der Waals surface area contributed by atoms with E-state index < -0.39 is 0 Å². The molecule has 0 N–H and O–H groups in total. The standard InChI is InChI=1S/C21H32N2O3/c1-25-14-18-19(22-26-20(18)15-12-13-15)21(24)23(16-8-4-2-5-9-16)17-10-6-3-7-11-17/h15-17H,2-14H2,1H3. The lowest BCUT2D eigenvalue weighted by molar-refractivity contribution is 0.0435. The first-order chi connectivity index (χ1) is 12.8. The third kappa shape index (κ3) is 3.68. The van der Waals surface area contributed by atoms with E-state index in [1.807, 2.05) is 0 Å². The third-order valence-corrected chi connectivity index (χ3v) is 6.43. The number of ether oxygens (including phenoxy) is 1. The van der Waals surface area contributed by atoms with Crippen LogP contribution in [0, 0.1) is 0 Å². The summed E-state index contributed by atoms with van der Waals surface area (Å²) in [5.74, 6) is 1.42. The molecule has 0 aromatic carbocycles. The first kappa shape index (κ1) is 18.0. The summed E-state index contributed by atoms with van der Waals surface area (Å²) in [5.41, 5.74) is 1.42. The Morgan fingerprint density at radius 1 is 1.00 bits per heavy atom. The van der Waals surface area contributed by atoms with E-state index >= 15 is 0 Å². The quantitative estimate of drug-likeness (QED) is 0.731. The highest BCUT2D eigenvalue weighted by atomic mass is 16.5. The lowest BCUT2D eigenvalue weighted by Crippen LogP contribution is -2.49. The van der Waals surface area contributed by atoms with Gasteiger partial charge < -0.3 is 14.2 Å². The molecule has 3 saturated carbocycles. The van der Waals surface area contributed by atoms with E-state index in [1.54, 1.807) is 7.11 Å². The van der Waals surface area contributed by atoms with Crippen LogP contribution >= 0.6 is 0 Å². The minimum atomic E-state index is 0.0894. The average molecular weight is 360 g/mol. The predicted octanol–water partition coefficient (Wildman–Crippen LogP) is 4.81. The number of aromatic nitrogens is 1. The Morgan fingerprint density at radius 3 is 2.08 bits per heavy atom. The number of hydrogen-bond donors (Lipinski definition) is 0. The van der Waals surface area contributed by atoms with Crippen LogP contribution in [0.3, 0.4) is 0 Å². The fourth-order valence-electron chi connectivity index (χ4n) is 4.91. The predicted molar refractivity (Wildman–Crippen MR) is 99.1 cm³/mol. The van der Waals surface area contributed by atoms with Crippen molar-refractivity contribution < 1.29 is 14.1 Å². The van der Waals surface area contributed by atoms with Gasteiger partial charge in [-0.3, -0.25) is 4.79 Å². The van der Waals surface area contributed by atoms with Gasteiger partial charge in [-0.05, 0) is 38.5 Å². The number of rotatable bonds is 6. The van der Waals surface area contributed by atoms with E-state index in [0.717, 1.165) is 49.8 Å². The maximum Gasteiger partial charge on any atom is 0.276 e. The second-order valence-corrected chi connectivity index (χ2v) is 8.38. The van der Waals surface area contributed by atoms with Gasteiger partial charge in [-0.1, -0.05) is 43.7 Å². The molecular formula is C21H32N2O3. The number of carbonyl (C=O) groups is 1.